The van der Waals surface area contributed by atoms with Crippen molar-refractivity contribution in [2.24, 2.45) is 0 Å². The number of benzene rings is 1. The van der Waals surface area contributed by atoms with E-state index in [4.69, 9.17) is 0 Å². The van der Waals surface area contributed by atoms with Gasteiger partial charge in [0.2, 0.25) is 10.0 Å². The lowest BCUT2D eigenvalue weighted by atomic mass is 10.3. The molecular weight excluding hydrogens is 210 g/mol. The first-order valence-corrected chi connectivity index (χ1v) is 6.78. The summed E-state index contributed by atoms with van der Waals surface area (Å²) < 4.78 is 25.1. The number of hydrogen-bond acceptors (Lipinski definition) is 2. The van der Waals surface area contributed by atoms with Crippen molar-refractivity contribution in [2.75, 3.05) is 16.6 Å². The molecule has 0 saturated heterocycles. The van der Waals surface area contributed by atoms with Crippen molar-refractivity contribution in [3.05, 3.63) is 30.3 Å². The van der Waals surface area contributed by atoms with Crippen molar-refractivity contribution < 1.29 is 8.42 Å². The van der Waals surface area contributed by atoms with E-state index in [1.807, 2.05) is 37.3 Å². The first-order chi connectivity index (χ1) is 7.11. The third kappa shape index (κ3) is 2.96. The molecule has 0 radical (unpaired) electrons. The molecule has 0 aliphatic heterocycles. The number of para-hydroxylation sites is 1. The van der Waals surface area contributed by atoms with Crippen molar-refractivity contribution in [1.82, 2.24) is 0 Å². The zero-order valence-corrected chi connectivity index (χ0v) is 10.00. The van der Waals surface area contributed by atoms with Crippen LogP contribution in [-0.4, -0.2) is 20.7 Å². The molecule has 0 bridgehead atoms. The van der Waals surface area contributed by atoms with E-state index in [1.54, 1.807) is 6.92 Å². The lowest BCUT2D eigenvalue weighted by Gasteiger charge is -2.23. The normalized spacial score (nSPS) is 11.3. The van der Waals surface area contributed by atoms with Crippen LogP contribution in [0.1, 0.15) is 20.3 Å². The first-order valence-electron chi connectivity index (χ1n) is 5.17. The molecule has 0 N–H and O–H groups in total. The Balaban J connectivity index is 3.04. The summed E-state index contributed by atoms with van der Waals surface area (Å²) in [5, 5.41) is 0. The molecular formula is C11H17NO2S. The van der Waals surface area contributed by atoms with Gasteiger partial charge < -0.3 is 0 Å². The Bertz CT molecular complexity index is 386. The highest BCUT2D eigenvalue weighted by Crippen LogP contribution is 2.17. The van der Waals surface area contributed by atoms with Crippen LogP contribution in [0, 0.1) is 0 Å². The first kappa shape index (κ1) is 12.0. The third-order valence-corrected chi connectivity index (χ3v) is 3.97. The summed E-state index contributed by atoms with van der Waals surface area (Å²) >= 11 is 0. The molecule has 0 aliphatic rings. The molecule has 0 atom stereocenters. The van der Waals surface area contributed by atoms with Gasteiger partial charge in [-0.3, -0.25) is 4.31 Å². The van der Waals surface area contributed by atoms with Crippen LogP contribution in [0.15, 0.2) is 30.3 Å². The van der Waals surface area contributed by atoms with E-state index in [-0.39, 0.29) is 5.75 Å². The van der Waals surface area contributed by atoms with Crippen LogP contribution >= 0.6 is 0 Å². The Morgan fingerprint density at radius 2 is 1.73 bits per heavy atom. The second-order valence-electron chi connectivity index (χ2n) is 3.31. The van der Waals surface area contributed by atoms with Gasteiger partial charge in [0.15, 0.2) is 0 Å². The lowest BCUT2D eigenvalue weighted by Crippen LogP contribution is -2.32. The number of nitrogens with zero attached hydrogens (tertiary/aromatic N) is 1. The molecule has 0 saturated carbocycles. The lowest BCUT2D eigenvalue weighted by molar-refractivity contribution is 0.591. The molecule has 84 valence electrons. The Labute approximate surface area is 91.8 Å². The zero-order chi connectivity index (χ0) is 11.3. The minimum Gasteiger partial charge on any atom is -0.270 e. The average Bonchev–Trinajstić information content (AvgIpc) is 2.27. The Morgan fingerprint density at radius 1 is 1.13 bits per heavy atom. The molecule has 1 aromatic carbocycles. The SMILES string of the molecule is CCCN(c1ccccc1)S(=O)(=O)CC. The van der Waals surface area contributed by atoms with Crippen molar-refractivity contribution in [1.29, 1.82) is 0 Å². The average molecular weight is 227 g/mol. The highest BCUT2D eigenvalue weighted by atomic mass is 32.2. The maximum atomic E-state index is 11.8. The molecule has 3 nitrogen and oxygen atoms in total. The number of rotatable bonds is 5. The topological polar surface area (TPSA) is 37.4 Å². The van der Waals surface area contributed by atoms with Gasteiger partial charge in [-0.05, 0) is 25.5 Å². The van der Waals surface area contributed by atoms with Gasteiger partial charge in [0.25, 0.3) is 0 Å². The van der Waals surface area contributed by atoms with Gasteiger partial charge in [0.05, 0.1) is 11.4 Å². The van der Waals surface area contributed by atoms with Crippen molar-refractivity contribution >= 4 is 15.7 Å². The summed E-state index contributed by atoms with van der Waals surface area (Å²) in [4.78, 5) is 0. The number of sulfonamides is 1. The van der Waals surface area contributed by atoms with Gasteiger partial charge in [0, 0.05) is 6.54 Å². The highest BCUT2D eigenvalue weighted by Gasteiger charge is 2.18. The van der Waals surface area contributed by atoms with Crippen LogP contribution in [0.2, 0.25) is 0 Å². The number of anilines is 1. The molecule has 0 heterocycles. The summed E-state index contributed by atoms with van der Waals surface area (Å²) in [5.41, 5.74) is 0.751. The van der Waals surface area contributed by atoms with Gasteiger partial charge in [-0.15, -0.1) is 0 Å². The summed E-state index contributed by atoms with van der Waals surface area (Å²) in [5.74, 6) is 0.141. The monoisotopic (exact) mass is 227 g/mol. The van der Waals surface area contributed by atoms with Crippen LogP contribution in [0.4, 0.5) is 5.69 Å². The smallest absolute Gasteiger partial charge is 0.234 e. The fraction of sp³-hybridized carbons (Fsp3) is 0.455. The molecule has 4 heteroatoms. The van der Waals surface area contributed by atoms with Crippen molar-refractivity contribution in [2.45, 2.75) is 20.3 Å². The Morgan fingerprint density at radius 3 is 2.20 bits per heavy atom. The van der Waals surface area contributed by atoms with Crippen LogP contribution < -0.4 is 4.31 Å². The molecule has 1 rings (SSSR count). The summed E-state index contributed by atoms with van der Waals surface area (Å²) in [7, 11) is -3.14. The summed E-state index contributed by atoms with van der Waals surface area (Å²) in [6.07, 6.45) is 0.814. The predicted octanol–water partition coefficient (Wildman–Crippen LogP) is 2.25. The van der Waals surface area contributed by atoms with E-state index in [9.17, 15) is 8.42 Å². The van der Waals surface area contributed by atoms with Crippen LogP contribution in [0.3, 0.4) is 0 Å². The van der Waals surface area contributed by atoms with Crippen LogP contribution in [-0.2, 0) is 10.0 Å². The summed E-state index contributed by atoms with van der Waals surface area (Å²) in [6, 6.07) is 9.23. The maximum absolute atomic E-state index is 11.8. The van der Waals surface area contributed by atoms with Crippen LogP contribution in [0.25, 0.3) is 0 Å². The predicted molar refractivity (Wildman–Crippen MR) is 63.5 cm³/mol. The van der Waals surface area contributed by atoms with Crippen LogP contribution in [0.5, 0.6) is 0 Å². The second kappa shape index (κ2) is 5.16. The summed E-state index contributed by atoms with van der Waals surface area (Å²) in [6.45, 7) is 4.18. The van der Waals surface area contributed by atoms with Gasteiger partial charge in [0.1, 0.15) is 0 Å². The number of hydrogen-bond donors (Lipinski definition) is 0. The van der Waals surface area contributed by atoms with Gasteiger partial charge in [-0.1, -0.05) is 25.1 Å². The van der Waals surface area contributed by atoms with E-state index in [2.05, 4.69) is 0 Å². The minimum atomic E-state index is -3.14. The second-order valence-corrected chi connectivity index (χ2v) is 5.49. The third-order valence-electron chi connectivity index (χ3n) is 2.17. The quantitative estimate of drug-likeness (QED) is 0.773. The molecule has 0 amide bonds. The van der Waals surface area contributed by atoms with E-state index < -0.39 is 10.0 Å². The maximum Gasteiger partial charge on any atom is 0.234 e. The molecule has 0 fully saturated rings. The molecule has 0 spiro atoms. The molecule has 0 unspecified atom stereocenters. The molecule has 15 heavy (non-hydrogen) atoms. The Kier molecular flexibility index (Phi) is 4.15. The molecule has 1 aromatic rings. The van der Waals surface area contributed by atoms with E-state index in [0.29, 0.717) is 6.54 Å². The highest BCUT2D eigenvalue weighted by molar-refractivity contribution is 7.92. The van der Waals surface area contributed by atoms with Gasteiger partial charge >= 0.3 is 0 Å². The largest absolute Gasteiger partial charge is 0.270 e. The fourth-order valence-corrected chi connectivity index (χ4v) is 2.60. The Hall–Kier alpha value is -1.03. The van der Waals surface area contributed by atoms with Crippen molar-refractivity contribution in [3.8, 4) is 0 Å². The fourth-order valence-electron chi connectivity index (χ4n) is 1.38. The zero-order valence-electron chi connectivity index (χ0n) is 9.18. The molecule has 0 aliphatic carbocycles. The minimum absolute atomic E-state index is 0.141. The van der Waals surface area contributed by atoms with Crippen molar-refractivity contribution in [3.63, 3.8) is 0 Å². The molecule has 0 aromatic heterocycles. The van der Waals surface area contributed by atoms with E-state index in [0.717, 1.165) is 12.1 Å². The van der Waals surface area contributed by atoms with E-state index in [1.165, 1.54) is 4.31 Å². The van der Waals surface area contributed by atoms with Gasteiger partial charge in [-0.25, -0.2) is 8.42 Å². The van der Waals surface area contributed by atoms with E-state index >= 15 is 0 Å². The van der Waals surface area contributed by atoms with Gasteiger partial charge in [-0.2, -0.15) is 0 Å². The standard InChI is InChI=1S/C11H17NO2S/c1-3-10-12(15(13,14)4-2)11-8-6-5-7-9-11/h5-9H,3-4,10H2,1-2H3.